The Labute approximate surface area is 106 Å². The van der Waals surface area contributed by atoms with E-state index in [1.807, 2.05) is 39.0 Å². The van der Waals surface area contributed by atoms with E-state index in [1.165, 1.54) is 4.90 Å². The molecular weight excluding hydrogens is 230 g/mol. The van der Waals surface area contributed by atoms with E-state index in [2.05, 4.69) is 17.1 Å². The second-order valence-electron chi connectivity index (χ2n) is 4.34. The molecule has 0 saturated carbocycles. The van der Waals surface area contributed by atoms with Crippen LogP contribution in [-0.4, -0.2) is 21.4 Å². The van der Waals surface area contributed by atoms with E-state index in [1.54, 1.807) is 11.8 Å². The minimum absolute atomic E-state index is 0.181. The molecule has 1 heterocycles. The number of hydrogen-bond acceptors (Lipinski definition) is 3. The van der Waals surface area contributed by atoms with Crippen LogP contribution in [0.1, 0.15) is 19.5 Å². The summed E-state index contributed by atoms with van der Waals surface area (Å²) in [7, 11) is 0. The number of nitrogens with zero attached hydrogens (tertiary/aromatic N) is 1. The molecule has 3 heteroatoms. The Morgan fingerprint density at radius 3 is 2.65 bits per heavy atom. The van der Waals surface area contributed by atoms with Gasteiger partial charge in [-0.05, 0) is 26.0 Å². The summed E-state index contributed by atoms with van der Waals surface area (Å²) in [5, 5.41) is 10.9. The summed E-state index contributed by atoms with van der Waals surface area (Å²) in [5.74, 6) is 0. The van der Waals surface area contributed by atoms with Crippen LogP contribution in [0.2, 0.25) is 0 Å². The van der Waals surface area contributed by atoms with E-state index in [9.17, 15) is 5.11 Å². The Hall–Kier alpha value is -1.06. The molecule has 2 rings (SSSR count). The molecule has 1 aromatic carbocycles. The molecule has 1 N–H and O–H groups in total. The van der Waals surface area contributed by atoms with Crippen LogP contribution in [-0.2, 0) is 0 Å². The maximum absolute atomic E-state index is 9.59. The van der Waals surface area contributed by atoms with Crippen molar-refractivity contribution >= 4 is 22.7 Å². The van der Waals surface area contributed by atoms with E-state index >= 15 is 0 Å². The third-order valence-corrected chi connectivity index (χ3v) is 4.16. The predicted molar refractivity (Wildman–Crippen MR) is 73.5 cm³/mol. The van der Waals surface area contributed by atoms with Crippen LogP contribution in [0.4, 0.5) is 0 Å². The van der Waals surface area contributed by atoms with Gasteiger partial charge in [-0.25, -0.2) is 0 Å². The number of thioether (sulfide) groups is 1. The lowest BCUT2D eigenvalue weighted by atomic mass is 10.2. The van der Waals surface area contributed by atoms with Crippen molar-refractivity contribution in [1.29, 1.82) is 0 Å². The quantitative estimate of drug-likeness (QED) is 0.844. The van der Waals surface area contributed by atoms with Gasteiger partial charge < -0.3 is 5.11 Å². The average Bonchev–Trinajstić information content (AvgIpc) is 2.28. The second-order valence-corrected chi connectivity index (χ2v) is 5.76. The third-order valence-electron chi connectivity index (χ3n) is 2.80. The van der Waals surface area contributed by atoms with Crippen LogP contribution in [0, 0.1) is 6.92 Å². The van der Waals surface area contributed by atoms with Crippen LogP contribution in [0.3, 0.4) is 0 Å². The lowest BCUT2D eigenvalue weighted by molar-refractivity contribution is 0.196. The summed E-state index contributed by atoms with van der Waals surface area (Å²) < 4.78 is 0. The number of aliphatic hydroxyl groups excluding tert-OH is 1. The third kappa shape index (κ3) is 2.79. The maximum Gasteiger partial charge on any atom is 0.0716 e. The van der Waals surface area contributed by atoms with Crippen molar-refractivity contribution in [2.75, 3.05) is 0 Å². The smallest absolute Gasteiger partial charge is 0.0716 e. The van der Waals surface area contributed by atoms with Crippen LogP contribution >= 0.6 is 11.8 Å². The molecule has 0 aliphatic rings. The fourth-order valence-electron chi connectivity index (χ4n) is 1.67. The van der Waals surface area contributed by atoms with Gasteiger partial charge in [0.25, 0.3) is 0 Å². The van der Waals surface area contributed by atoms with Gasteiger partial charge in [-0.15, -0.1) is 11.8 Å². The number of hydrogen-bond donors (Lipinski definition) is 1. The second kappa shape index (κ2) is 5.07. The first-order valence-electron chi connectivity index (χ1n) is 5.79. The molecule has 2 atom stereocenters. The summed E-state index contributed by atoms with van der Waals surface area (Å²) in [6.07, 6.45) is -0.313. The molecule has 2 nitrogen and oxygen atoms in total. The minimum Gasteiger partial charge on any atom is -0.392 e. The molecule has 2 unspecified atom stereocenters. The number of para-hydroxylation sites is 1. The van der Waals surface area contributed by atoms with Gasteiger partial charge in [0, 0.05) is 21.2 Å². The lowest BCUT2D eigenvalue weighted by Crippen LogP contribution is -2.14. The summed E-state index contributed by atoms with van der Waals surface area (Å²) in [6.45, 7) is 5.87. The number of aromatic nitrogens is 1. The molecule has 0 saturated heterocycles. The van der Waals surface area contributed by atoms with Crippen molar-refractivity contribution in [3.05, 3.63) is 36.0 Å². The fourth-order valence-corrected chi connectivity index (χ4v) is 2.80. The van der Waals surface area contributed by atoms with Crippen LogP contribution in [0.15, 0.2) is 35.2 Å². The van der Waals surface area contributed by atoms with Gasteiger partial charge in [0.15, 0.2) is 0 Å². The Bertz CT molecular complexity index is 525. The van der Waals surface area contributed by atoms with Crippen molar-refractivity contribution in [2.45, 2.75) is 37.0 Å². The van der Waals surface area contributed by atoms with E-state index in [0.717, 1.165) is 16.6 Å². The standard InChI is InChI=1S/C14H17NOS/c1-9-8-14(17-11(3)10(2)16)12-6-4-5-7-13(12)15-9/h4-8,10-11,16H,1-3H3. The Kier molecular flexibility index (Phi) is 3.69. The molecule has 0 aliphatic carbocycles. The van der Waals surface area contributed by atoms with Gasteiger partial charge >= 0.3 is 0 Å². The van der Waals surface area contributed by atoms with E-state index in [-0.39, 0.29) is 11.4 Å². The SMILES string of the molecule is Cc1cc(SC(C)C(C)O)c2ccccc2n1. The summed E-state index contributed by atoms with van der Waals surface area (Å²) in [4.78, 5) is 5.71. The minimum atomic E-state index is -0.313. The summed E-state index contributed by atoms with van der Waals surface area (Å²) in [5.41, 5.74) is 2.04. The number of aliphatic hydroxyl groups is 1. The molecule has 0 bridgehead atoms. The van der Waals surface area contributed by atoms with Crippen molar-refractivity contribution in [3.63, 3.8) is 0 Å². The largest absolute Gasteiger partial charge is 0.392 e. The monoisotopic (exact) mass is 247 g/mol. The molecule has 90 valence electrons. The normalized spacial score (nSPS) is 14.8. The van der Waals surface area contributed by atoms with E-state index in [4.69, 9.17) is 0 Å². The van der Waals surface area contributed by atoms with E-state index in [0.29, 0.717) is 0 Å². The van der Waals surface area contributed by atoms with Crippen LogP contribution < -0.4 is 0 Å². The number of pyridine rings is 1. The Morgan fingerprint density at radius 2 is 1.94 bits per heavy atom. The van der Waals surface area contributed by atoms with Gasteiger partial charge in [-0.3, -0.25) is 4.98 Å². The number of fused-ring (bicyclic) bond motifs is 1. The number of rotatable bonds is 3. The highest BCUT2D eigenvalue weighted by atomic mass is 32.2. The average molecular weight is 247 g/mol. The Morgan fingerprint density at radius 1 is 1.24 bits per heavy atom. The molecule has 0 aliphatic heterocycles. The first-order chi connectivity index (χ1) is 8.08. The fraction of sp³-hybridized carbons (Fsp3) is 0.357. The molecule has 0 radical (unpaired) electrons. The zero-order valence-corrected chi connectivity index (χ0v) is 11.2. The molecule has 0 amide bonds. The number of benzene rings is 1. The van der Waals surface area contributed by atoms with Gasteiger partial charge in [0.05, 0.1) is 11.6 Å². The first kappa shape index (κ1) is 12.4. The topological polar surface area (TPSA) is 33.1 Å². The van der Waals surface area contributed by atoms with Crippen molar-refractivity contribution < 1.29 is 5.11 Å². The highest BCUT2D eigenvalue weighted by molar-refractivity contribution is 8.00. The van der Waals surface area contributed by atoms with Gasteiger partial charge in [-0.1, -0.05) is 25.1 Å². The molecule has 0 spiro atoms. The number of aryl methyl sites for hydroxylation is 1. The van der Waals surface area contributed by atoms with Crippen molar-refractivity contribution in [2.24, 2.45) is 0 Å². The molecule has 1 aromatic heterocycles. The van der Waals surface area contributed by atoms with Crippen LogP contribution in [0.25, 0.3) is 10.9 Å². The highest BCUT2D eigenvalue weighted by Gasteiger charge is 2.13. The zero-order chi connectivity index (χ0) is 12.4. The lowest BCUT2D eigenvalue weighted by Gasteiger charge is -2.15. The molecule has 0 fully saturated rings. The van der Waals surface area contributed by atoms with Crippen LogP contribution in [0.5, 0.6) is 0 Å². The molecule has 17 heavy (non-hydrogen) atoms. The van der Waals surface area contributed by atoms with Gasteiger partial charge in [0.2, 0.25) is 0 Å². The molecular formula is C14H17NOS. The zero-order valence-electron chi connectivity index (χ0n) is 10.3. The summed E-state index contributed by atoms with van der Waals surface area (Å²) >= 11 is 1.71. The molecule has 2 aromatic rings. The predicted octanol–water partition coefficient (Wildman–Crippen LogP) is 3.40. The van der Waals surface area contributed by atoms with Gasteiger partial charge in [0.1, 0.15) is 0 Å². The highest BCUT2D eigenvalue weighted by Crippen LogP contribution is 2.31. The van der Waals surface area contributed by atoms with Crippen molar-refractivity contribution in [1.82, 2.24) is 4.98 Å². The van der Waals surface area contributed by atoms with Crippen molar-refractivity contribution in [3.8, 4) is 0 Å². The van der Waals surface area contributed by atoms with E-state index < -0.39 is 0 Å². The Balaban J connectivity index is 2.45. The first-order valence-corrected chi connectivity index (χ1v) is 6.67. The maximum atomic E-state index is 9.59. The van der Waals surface area contributed by atoms with Gasteiger partial charge in [-0.2, -0.15) is 0 Å². The summed E-state index contributed by atoms with van der Waals surface area (Å²) in [6, 6.07) is 10.2.